The van der Waals surface area contributed by atoms with Gasteiger partial charge in [-0.25, -0.2) is 0 Å². The summed E-state index contributed by atoms with van der Waals surface area (Å²) in [5, 5.41) is 7.81. The lowest BCUT2D eigenvalue weighted by atomic mass is 10.1. The SMILES string of the molecule is CCCC(CNC)n1nc(C)c(Br)c1C. The van der Waals surface area contributed by atoms with Crippen molar-refractivity contribution in [1.29, 1.82) is 0 Å². The molecule has 1 aromatic rings. The van der Waals surface area contributed by atoms with Crippen LogP contribution in [0.5, 0.6) is 0 Å². The maximum absolute atomic E-state index is 4.58. The lowest BCUT2D eigenvalue weighted by Crippen LogP contribution is -2.24. The molecule has 0 saturated carbocycles. The summed E-state index contributed by atoms with van der Waals surface area (Å²) in [4.78, 5) is 0. The van der Waals surface area contributed by atoms with Gasteiger partial charge in [0.2, 0.25) is 0 Å². The topological polar surface area (TPSA) is 29.9 Å². The van der Waals surface area contributed by atoms with E-state index in [9.17, 15) is 0 Å². The van der Waals surface area contributed by atoms with Crippen LogP contribution in [-0.4, -0.2) is 23.4 Å². The number of aryl methyl sites for hydroxylation is 1. The smallest absolute Gasteiger partial charge is 0.0738 e. The van der Waals surface area contributed by atoms with E-state index in [2.05, 4.69) is 44.9 Å². The molecular weight excluding hydrogens is 254 g/mol. The zero-order valence-corrected chi connectivity index (χ0v) is 11.6. The van der Waals surface area contributed by atoms with E-state index < -0.39 is 0 Å². The molecule has 0 aliphatic carbocycles. The third-order valence-corrected chi connectivity index (χ3v) is 3.79. The number of nitrogens with zero attached hydrogens (tertiary/aromatic N) is 2. The number of hydrogen-bond acceptors (Lipinski definition) is 2. The molecule has 0 fully saturated rings. The van der Waals surface area contributed by atoms with Crippen LogP contribution in [0.2, 0.25) is 0 Å². The van der Waals surface area contributed by atoms with Crippen molar-refractivity contribution in [1.82, 2.24) is 15.1 Å². The fourth-order valence-corrected chi connectivity index (χ4v) is 2.14. The summed E-state index contributed by atoms with van der Waals surface area (Å²) in [5.74, 6) is 0. The Bertz CT molecular complexity index is 314. The summed E-state index contributed by atoms with van der Waals surface area (Å²) in [7, 11) is 1.99. The number of nitrogens with one attached hydrogen (secondary N) is 1. The average Bonchev–Trinajstić information content (AvgIpc) is 2.46. The van der Waals surface area contributed by atoms with E-state index >= 15 is 0 Å². The van der Waals surface area contributed by atoms with Crippen LogP contribution in [0.25, 0.3) is 0 Å². The fraction of sp³-hybridized carbons (Fsp3) is 0.727. The van der Waals surface area contributed by atoms with Gasteiger partial charge in [0.25, 0.3) is 0 Å². The maximum atomic E-state index is 4.58. The summed E-state index contributed by atoms with van der Waals surface area (Å²) in [6.45, 7) is 7.34. The Balaban J connectivity index is 2.94. The van der Waals surface area contributed by atoms with Gasteiger partial charge in [-0.1, -0.05) is 13.3 Å². The van der Waals surface area contributed by atoms with Crippen LogP contribution >= 0.6 is 15.9 Å². The highest BCUT2D eigenvalue weighted by Crippen LogP contribution is 2.24. The molecular formula is C11H20BrN3. The highest BCUT2D eigenvalue weighted by atomic mass is 79.9. The first-order valence-electron chi connectivity index (χ1n) is 5.47. The second kappa shape index (κ2) is 5.66. The molecule has 1 N–H and O–H groups in total. The molecule has 0 spiro atoms. The van der Waals surface area contributed by atoms with Crippen molar-refractivity contribution in [3.63, 3.8) is 0 Å². The highest BCUT2D eigenvalue weighted by Gasteiger charge is 2.16. The molecule has 0 aromatic carbocycles. The minimum atomic E-state index is 0.463. The molecule has 1 rings (SSSR count). The van der Waals surface area contributed by atoms with Gasteiger partial charge in [0, 0.05) is 6.54 Å². The number of aromatic nitrogens is 2. The number of hydrogen-bond donors (Lipinski definition) is 1. The maximum Gasteiger partial charge on any atom is 0.0738 e. The number of rotatable bonds is 5. The Kier molecular flexibility index (Phi) is 4.80. The predicted octanol–water partition coefficient (Wildman–Crippen LogP) is 2.82. The molecule has 1 atom stereocenters. The zero-order chi connectivity index (χ0) is 11.4. The van der Waals surface area contributed by atoms with E-state index in [1.807, 2.05) is 14.0 Å². The van der Waals surface area contributed by atoms with E-state index in [1.54, 1.807) is 0 Å². The van der Waals surface area contributed by atoms with Gasteiger partial charge in [0.15, 0.2) is 0 Å². The van der Waals surface area contributed by atoms with Crippen LogP contribution in [-0.2, 0) is 0 Å². The van der Waals surface area contributed by atoms with Gasteiger partial charge < -0.3 is 5.32 Å². The quantitative estimate of drug-likeness (QED) is 0.894. The second-order valence-corrected chi connectivity index (χ2v) is 4.72. The third-order valence-electron chi connectivity index (χ3n) is 2.64. The average molecular weight is 274 g/mol. The van der Waals surface area contributed by atoms with E-state index in [-0.39, 0.29) is 0 Å². The van der Waals surface area contributed by atoms with Crippen molar-refractivity contribution in [3.05, 3.63) is 15.9 Å². The summed E-state index contributed by atoms with van der Waals surface area (Å²) in [6, 6.07) is 0.463. The molecule has 86 valence electrons. The number of halogens is 1. The van der Waals surface area contributed by atoms with Crippen LogP contribution in [0, 0.1) is 13.8 Å². The normalized spacial score (nSPS) is 13.1. The minimum Gasteiger partial charge on any atom is -0.318 e. The van der Waals surface area contributed by atoms with Crippen LogP contribution in [0.3, 0.4) is 0 Å². The molecule has 0 bridgehead atoms. The second-order valence-electron chi connectivity index (χ2n) is 3.93. The van der Waals surface area contributed by atoms with Gasteiger partial charge in [0.05, 0.1) is 21.9 Å². The van der Waals surface area contributed by atoms with Gasteiger partial charge in [-0.15, -0.1) is 0 Å². The van der Waals surface area contributed by atoms with Crippen molar-refractivity contribution in [2.75, 3.05) is 13.6 Å². The van der Waals surface area contributed by atoms with Crippen LogP contribution in [0.15, 0.2) is 4.47 Å². The van der Waals surface area contributed by atoms with Gasteiger partial charge in [-0.05, 0) is 43.2 Å². The predicted molar refractivity (Wildman–Crippen MR) is 67.3 cm³/mol. The molecule has 1 heterocycles. The van der Waals surface area contributed by atoms with Gasteiger partial charge in [-0.3, -0.25) is 4.68 Å². The first-order valence-corrected chi connectivity index (χ1v) is 6.26. The molecule has 0 radical (unpaired) electrons. The minimum absolute atomic E-state index is 0.463. The first-order chi connectivity index (χ1) is 7.11. The molecule has 0 aliphatic heterocycles. The molecule has 0 saturated heterocycles. The van der Waals surface area contributed by atoms with E-state index in [1.165, 1.54) is 12.1 Å². The van der Waals surface area contributed by atoms with Gasteiger partial charge in [-0.2, -0.15) is 5.10 Å². The summed E-state index contributed by atoms with van der Waals surface area (Å²) < 4.78 is 3.28. The van der Waals surface area contributed by atoms with Crippen molar-refractivity contribution in [3.8, 4) is 0 Å². The van der Waals surface area contributed by atoms with E-state index in [4.69, 9.17) is 0 Å². The first kappa shape index (κ1) is 12.7. The van der Waals surface area contributed by atoms with Crippen molar-refractivity contribution in [2.24, 2.45) is 0 Å². The molecule has 1 aromatic heterocycles. The Morgan fingerprint density at radius 3 is 2.53 bits per heavy atom. The fourth-order valence-electron chi connectivity index (χ4n) is 1.88. The Morgan fingerprint density at radius 2 is 2.13 bits per heavy atom. The Morgan fingerprint density at radius 1 is 1.47 bits per heavy atom. The van der Waals surface area contributed by atoms with Crippen LogP contribution < -0.4 is 5.32 Å². The van der Waals surface area contributed by atoms with Crippen molar-refractivity contribution < 1.29 is 0 Å². The van der Waals surface area contributed by atoms with Crippen molar-refractivity contribution >= 4 is 15.9 Å². The van der Waals surface area contributed by atoms with E-state index in [0.29, 0.717) is 6.04 Å². The monoisotopic (exact) mass is 273 g/mol. The van der Waals surface area contributed by atoms with Crippen LogP contribution in [0.4, 0.5) is 0 Å². The molecule has 0 amide bonds. The third kappa shape index (κ3) is 2.82. The summed E-state index contributed by atoms with van der Waals surface area (Å²) >= 11 is 3.57. The Labute approximate surface area is 100 Å². The summed E-state index contributed by atoms with van der Waals surface area (Å²) in [6.07, 6.45) is 2.34. The molecule has 4 heteroatoms. The standard InChI is InChI=1S/C11H20BrN3/c1-5-6-10(7-13-4)15-9(3)11(12)8(2)14-15/h10,13H,5-7H2,1-4H3. The van der Waals surface area contributed by atoms with E-state index in [0.717, 1.165) is 23.1 Å². The lowest BCUT2D eigenvalue weighted by molar-refractivity contribution is 0.398. The summed E-state index contributed by atoms with van der Waals surface area (Å²) in [5.41, 5.74) is 2.30. The molecule has 3 nitrogen and oxygen atoms in total. The van der Waals surface area contributed by atoms with Crippen molar-refractivity contribution in [2.45, 2.75) is 39.7 Å². The van der Waals surface area contributed by atoms with Gasteiger partial charge >= 0.3 is 0 Å². The Hall–Kier alpha value is -0.350. The molecule has 15 heavy (non-hydrogen) atoms. The molecule has 0 aliphatic rings. The molecule has 1 unspecified atom stereocenters. The number of likely N-dealkylation sites (N-methyl/N-ethyl adjacent to an activating group) is 1. The lowest BCUT2D eigenvalue weighted by Gasteiger charge is -2.18. The zero-order valence-electron chi connectivity index (χ0n) is 9.97. The van der Waals surface area contributed by atoms with Crippen LogP contribution in [0.1, 0.15) is 37.2 Å². The largest absolute Gasteiger partial charge is 0.318 e. The van der Waals surface area contributed by atoms with Gasteiger partial charge in [0.1, 0.15) is 0 Å². The highest BCUT2D eigenvalue weighted by molar-refractivity contribution is 9.10.